The molecule has 2 aromatic rings. The Bertz CT molecular complexity index is 919. The lowest BCUT2D eigenvalue weighted by Gasteiger charge is -2.46. The number of carbonyl (C=O) groups excluding carboxylic acids is 1. The summed E-state index contributed by atoms with van der Waals surface area (Å²) < 4.78 is 5.54. The van der Waals surface area contributed by atoms with Crippen LogP contribution in [0.2, 0.25) is 0 Å². The molecule has 0 radical (unpaired) electrons. The lowest BCUT2D eigenvalue weighted by molar-refractivity contribution is 0.137. The Hall–Kier alpha value is -3.04. The molecule has 0 unspecified atom stereocenters. The van der Waals surface area contributed by atoms with E-state index >= 15 is 0 Å². The number of rotatable bonds is 7. The Balaban J connectivity index is 1.44. The van der Waals surface area contributed by atoms with Crippen molar-refractivity contribution in [2.45, 2.75) is 63.1 Å². The lowest BCUT2D eigenvalue weighted by Crippen LogP contribution is -2.59. The van der Waals surface area contributed by atoms with Gasteiger partial charge in [-0.1, -0.05) is 43.2 Å². The number of anilines is 1. The predicted molar refractivity (Wildman–Crippen MR) is 130 cm³/mol. The SMILES string of the molecule is N#Cc1ccc(N([C@H]2CCCNC2)[C@@H]2CCCC[C@H]2NC(=O)OCCc2ccccc2)cc1. The summed E-state index contributed by atoms with van der Waals surface area (Å²) >= 11 is 0. The van der Waals surface area contributed by atoms with Crippen LogP contribution in [0, 0.1) is 11.3 Å². The highest BCUT2D eigenvalue weighted by Crippen LogP contribution is 2.31. The molecule has 1 heterocycles. The van der Waals surface area contributed by atoms with Crippen LogP contribution >= 0.6 is 0 Å². The molecule has 1 amide bonds. The first kappa shape index (κ1) is 23.1. The van der Waals surface area contributed by atoms with Crippen LogP contribution in [0.1, 0.15) is 49.7 Å². The molecule has 2 fully saturated rings. The number of nitrogens with zero attached hydrogens (tertiary/aromatic N) is 2. The van der Waals surface area contributed by atoms with Crippen molar-refractivity contribution in [2.24, 2.45) is 0 Å². The topological polar surface area (TPSA) is 77.4 Å². The van der Waals surface area contributed by atoms with Gasteiger partial charge in [0.05, 0.1) is 24.3 Å². The molecular formula is C27H34N4O2. The van der Waals surface area contributed by atoms with Crippen molar-refractivity contribution in [3.8, 4) is 6.07 Å². The van der Waals surface area contributed by atoms with E-state index in [0.717, 1.165) is 62.9 Å². The number of benzene rings is 2. The maximum Gasteiger partial charge on any atom is 0.407 e. The average molecular weight is 447 g/mol. The van der Waals surface area contributed by atoms with Crippen molar-refractivity contribution in [3.63, 3.8) is 0 Å². The lowest BCUT2D eigenvalue weighted by atomic mass is 9.87. The van der Waals surface area contributed by atoms with Gasteiger partial charge in [-0.25, -0.2) is 4.79 Å². The highest BCUT2D eigenvalue weighted by atomic mass is 16.5. The van der Waals surface area contributed by atoms with E-state index in [4.69, 9.17) is 4.74 Å². The highest BCUT2D eigenvalue weighted by molar-refractivity contribution is 5.68. The van der Waals surface area contributed by atoms with E-state index in [0.29, 0.717) is 24.6 Å². The molecule has 6 nitrogen and oxygen atoms in total. The first-order chi connectivity index (χ1) is 16.2. The molecule has 0 aromatic heterocycles. The minimum Gasteiger partial charge on any atom is -0.449 e. The molecular weight excluding hydrogens is 412 g/mol. The molecule has 1 aliphatic carbocycles. The second-order valence-electron chi connectivity index (χ2n) is 9.04. The van der Waals surface area contributed by atoms with Gasteiger partial charge in [0, 0.05) is 30.7 Å². The molecule has 1 saturated carbocycles. The third-order valence-corrected chi connectivity index (χ3v) is 6.82. The number of hydrogen-bond acceptors (Lipinski definition) is 5. The zero-order valence-electron chi connectivity index (χ0n) is 19.2. The number of hydrogen-bond donors (Lipinski definition) is 2. The molecule has 4 rings (SSSR count). The summed E-state index contributed by atoms with van der Waals surface area (Å²) in [6.07, 6.45) is 6.89. The molecule has 3 atom stereocenters. The molecule has 6 heteroatoms. The summed E-state index contributed by atoms with van der Waals surface area (Å²) in [5, 5.41) is 15.9. The van der Waals surface area contributed by atoms with Crippen LogP contribution in [0.4, 0.5) is 10.5 Å². The van der Waals surface area contributed by atoms with Gasteiger partial charge in [0.25, 0.3) is 0 Å². The summed E-state index contributed by atoms with van der Waals surface area (Å²) in [6.45, 7) is 2.36. The van der Waals surface area contributed by atoms with Crippen LogP contribution in [-0.2, 0) is 11.2 Å². The Kier molecular flexibility index (Phi) is 8.21. The molecule has 2 aliphatic rings. The summed E-state index contributed by atoms with van der Waals surface area (Å²) in [6, 6.07) is 20.8. The van der Waals surface area contributed by atoms with Gasteiger partial charge in [0.1, 0.15) is 0 Å². The smallest absolute Gasteiger partial charge is 0.407 e. The highest BCUT2D eigenvalue weighted by Gasteiger charge is 2.36. The maximum absolute atomic E-state index is 12.7. The second-order valence-corrected chi connectivity index (χ2v) is 9.04. The fourth-order valence-electron chi connectivity index (χ4n) is 5.16. The quantitative estimate of drug-likeness (QED) is 0.659. The van der Waals surface area contributed by atoms with Crippen molar-refractivity contribution in [1.82, 2.24) is 10.6 Å². The van der Waals surface area contributed by atoms with Gasteiger partial charge in [-0.05, 0) is 62.1 Å². The van der Waals surface area contributed by atoms with Gasteiger partial charge >= 0.3 is 6.09 Å². The average Bonchev–Trinajstić information content (AvgIpc) is 2.87. The predicted octanol–water partition coefficient (Wildman–Crippen LogP) is 4.40. The number of carbonyl (C=O) groups is 1. The Morgan fingerprint density at radius 1 is 1.06 bits per heavy atom. The van der Waals surface area contributed by atoms with E-state index in [1.165, 1.54) is 0 Å². The standard InChI is InChI=1S/C27H34N4O2/c28-19-22-12-14-23(15-13-22)31(24-9-6-17-29-20-24)26-11-5-4-10-25(26)30-27(32)33-18-16-21-7-2-1-3-8-21/h1-3,7-8,12-15,24-26,29H,4-6,9-11,16-18,20H2,(H,30,32)/t24-,25+,26+/m0/s1. The molecule has 174 valence electrons. The largest absolute Gasteiger partial charge is 0.449 e. The molecule has 2 aromatic carbocycles. The number of nitriles is 1. The Morgan fingerprint density at radius 3 is 2.58 bits per heavy atom. The maximum atomic E-state index is 12.7. The first-order valence-corrected chi connectivity index (χ1v) is 12.2. The first-order valence-electron chi connectivity index (χ1n) is 12.2. The van der Waals surface area contributed by atoms with E-state index in [1.54, 1.807) is 0 Å². The van der Waals surface area contributed by atoms with Crippen LogP contribution < -0.4 is 15.5 Å². The van der Waals surface area contributed by atoms with Crippen LogP contribution in [-0.4, -0.2) is 43.9 Å². The van der Waals surface area contributed by atoms with Crippen molar-refractivity contribution in [1.29, 1.82) is 5.26 Å². The molecule has 0 bridgehead atoms. The van der Waals surface area contributed by atoms with Crippen molar-refractivity contribution >= 4 is 11.8 Å². The Morgan fingerprint density at radius 2 is 1.85 bits per heavy atom. The Labute approximate surface area is 196 Å². The molecule has 33 heavy (non-hydrogen) atoms. The fraction of sp³-hybridized carbons (Fsp3) is 0.481. The molecule has 1 saturated heterocycles. The number of amides is 1. The van der Waals surface area contributed by atoms with Gasteiger partial charge in [-0.15, -0.1) is 0 Å². The van der Waals surface area contributed by atoms with Crippen molar-refractivity contribution in [2.75, 3.05) is 24.6 Å². The summed E-state index contributed by atoms with van der Waals surface area (Å²) in [5.41, 5.74) is 2.96. The van der Waals surface area contributed by atoms with E-state index in [1.807, 2.05) is 42.5 Å². The van der Waals surface area contributed by atoms with E-state index in [9.17, 15) is 10.1 Å². The summed E-state index contributed by atoms with van der Waals surface area (Å²) in [5.74, 6) is 0. The minimum atomic E-state index is -0.329. The molecule has 2 N–H and O–H groups in total. The summed E-state index contributed by atoms with van der Waals surface area (Å²) in [4.78, 5) is 15.2. The molecule has 0 spiro atoms. The monoisotopic (exact) mass is 446 g/mol. The van der Waals surface area contributed by atoms with Crippen LogP contribution in [0.5, 0.6) is 0 Å². The third-order valence-electron chi connectivity index (χ3n) is 6.82. The van der Waals surface area contributed by atoms with Gasteiger partial charge < -0.3 is 20.3 Å². The fourth-order valence-corrected chi connectivity index (χ4v) is 5.16. The van der Waals surface area contributed by atoms with E-state index < -0.39 is 0 Å². The van der Waals surface area contributed by atoms with Gasteiger partial charge in [0.15, 0.2) is 0 Å². The van der Waals surface area contributed by atoms with E-state index in [-0.39, 0.29) is 18.2 Å². The third kappa shape index (κ3) is 6.27. The zero-order valence-corrected chi connectivity index (χ0v) is 19.2. The van der Waals surface area contributed by atoms with Gasteiger partial charge in [-0.3, -0.25) is 0 Å². The van der Waals surface area contributed by atoms with Crippen LogP contribution in [0.3, 0.4) is 0 Å². The number of nitrogens with one attached hydrogen (secondary N) is 2. The van der Waals surface area contributed by atoms with Crippen LogP contribution in [0.15, 0.2) is 54.6 Å². The van der Waals surface area contributed by atoms with Crippen molar-refractivity contribution < 1.29 is 9.53 Å². The van der Waals surface area contributed by atoms with Gasteiger partial charge in [0.2, 0.25) is 0 Å². The zero-order chi connectivity index (χ0) is 22.9. The number of ether oxygens (including phenoxy) is 1. The summed E-state index contributed by atoms with van der Waals surface area (Å²) in [7, 11) is 0. The normalized spacial score (nSPS) is 22.7. The minimum absolute atomic E-state index is 0.0422. The van der Waals surface area contributed by atoms with Crippen LogP contribution in [0.25, 0.3) is 0 Å². The van der Waals surface area contributed by atoms with Crippen molar-refractivity contribution in [3.05, 3.63) is 65.7 Å². The van der Waals surface area contributed by atoms with Gasteiger partial charge in [-0.2, -0.15) is 5.26 Å². The van der Waals surface area contributed by atoms with E-state index in [2.05, 4.69) is 33.7 Å². The second kappa shape index (κ2) is 11.7. The number of alkyl carbamates (subject to hydrolysis) is 1. The molecule has 1 aliphatic heterocycles. The number of piperidine rings is 1.